The van der Waals surface area contributed by atoms with Gasteiger partial charge in [0.15, 0.2) is 0 Å². The lowest BCUT2D eigenvalue weighted by Gasteiger charge is -2.29. The van der Waals surface area contributed by atoms with Crippen molar-refractivity contribution in [1.82, 2.24) is 19.6 Å². The number of carbonyl (C=O) groups is 1. The topological polar surface area (TPSA) is 101 Å². The van der Waals surface area contributed by atoms with Crippen LogP contribution < -0.4 is 5.32 Å². The first-order chi connectivity index (χ1) is 16.9. The molecule has 2 fully saturated rings. The summed E-state index contributed by atoms with van der Waals surface area (Å²) in [5.74, 6) is 0.234. The molecule has 8 nitrogen and oxygen atoms in total. The molecule has 9 heteroatoms. The SMILES string of the molecule is CC1CCN(S(=O)(=O)c2ccc3nc(-c4ccccn4)cc(C(=O)NCC4CCCO4)c3c2)CC1. The molecule has 1 N–H and O–H groups in total. The first kappa shape index (κ1) is 23.8. The van der Waals surface area contributed by atoms with Gasteiger partial charge in [0, 0.05) is 37.8 Å². The van der Waals surface area contributed by atoms with Crippen LogP contribution in [0.4, 0.5) is 0 Å². The molecule has 0 radical (unpaired) electrons. The van der Waals surface area contributed by atoms with Gasteiger partial charge in [-0.1, -0.05) is 13.0 Å². The third kappa shape index (κ3) is 5.07. The Labute approximate surface area is 205 Å². The molecule has 0 saturated carbocycles. The van der Waals surface area contributed by atoms with Crippen LogP contribution in [-0.4, -0.2) is 60.9 Å². The summed E-state index contributed by atoms with van der Waals surface area (Å²) < 4.78 is 33.9. The fourth-order valence-electron chi connectivity index (χ4n) is 4.68. The van der Waals surface area contributed by atoms with Gasteiger partial charge in [-0.25, -0.2) is 13.4 Å². The zero-order chi connectivity index (χ0) is 24.4. The van der Waals surface area contributed by atoms with Gasteiger partial charge in [-0.05, 0) is 68.0 Å². The monoisotopic (exact) mass is 494 g/mol. The van der Waals surface area contributed by atoms with Crippen LogP contribution in [0.25, 0.3) is 22.3 Å². The Balaban J connectivity index is 1.54. The number of fused-ring (bicyclic) bond motifs is 1. The summed E-state index contributed by atoms with van der Waals surface area (Å²) in [4.78, 5) is 22.6. The van der Waals surface area contributed by atoms with Gasteiger partial charge in [-0.2, -0.15) is 4.31 Å². The van der Waals surface area contributed by atoms with Crippen LogP contribution in [0.15, 0.2) is 53.6 Å². The largest absolute Gasteiger partial charge is 0.376 e. The van der Waals surface area contributed by atoms with Crippen molar-refractivity contribution in [2.24, 2.45) is 5.92 Å². The van der Waals surface area contributed by atoms with Crippen molar-refractivity contribution in [2.75, 3.05) is 26.2 Å². The van der Waals surface area contributed by atoms with Crippen molar-refractivity contribution in [3.8, 4) is 11.4 Å². The molecule has 0 bridgehead atoms. The maximum Gasteiger partial charge on any atom is 0.252 e. The summed E-state index contributed by atoms with van der Waals surface area (Å²) in [6, 6.07) is 12.0. The summed E-state index contributed by atoms with van der Waals surface area (Å²) in [6.45, 7) is 4.27. The number of benzene rings is 1. The predicted octanol–water partition coefficient (Wildman–Crippen LogP) is 3.63. The Morgan fingerprint density at radius 2 is 1.94 bits per heavy atom. The summed E-state index contributed by atoms with van der Waals surface area (Å²) in [5, 5.41) is 3.47. The van der Waals surface area contributed by atoms with Crippen LogP contribution in [-0.2, 0) is 14.8 Å². The number of nitrogens with one attached hydrogen (secondary N) is 1. The quantitative estimate of drug-likeness (QED) is 0.562. The van der Waals surface area contributed by atoms with Crippen LogP contribution in [0.5, 0.6) is 0 Å². The van der Waals surface area contributed by atoms with E-state index in [0.29, 0.717) is 60.0 Å². The highest BCUT2D eigenvalue weighted by Crippen LogP contribution is 2.29. The second-order valence-corrected chi connectivity index (χ2v) is 11.3. The Bertz CT molecular complexity index is 1320. The van der Waals surface area contributed by atoms with Gasteiger partial charge >= 0.3 is 0 Å². The minimum absolute atomic E-state index is 0.000237. The van der Waals surface area contributed by atoms with Crippen molar-refractivity contribution in [3.63, 3.8) is 0 Å². The van der Waals surface area contributed by atoms with E-state index in [2.05, 4.69) is 17.2 Å². The van der Waals surface area contributed by atoms with E-state index in [1.807, 2.05) is 18.2 Å². The number of hydrogen-bond donors (Lipinski definition) is 1. The Morgan fingerprint density at radius 1 is 1.11 bits per heavy atom. The molecule has 2 aliphatic heterocycles. The van der Waals surface area contributed by atoms with Gasteiger partial charge in [0.05, 0.1) is 33.5 Å². The highest BCUT2D eigenvalue weighted by atomic mass is 32.2. The molecule has 1 unspecified atom stereocenters. The van der Waals surface area contributed by atoms with Gasteiger partial charge in [-0.15, -0.1) is 0 Å². The minimum Gasteiger partial charge on any atom is -0.376 e. The maximum absolute atomic E-state index is 13.4. The minimum atomic E-state index is -3.67. The van der Waals surface area contributed by atoms with E-state index in [0.717, 1.165) is 25.7 Å². The van der Waals surface area contributed by atoms with Gasteiger partial charge in [0.2, 0.25) is 10.0 Å². The molecule has 1 amide bonds. The van der Waals surface area contributed by atoms with Crippen molar-refractivity contribution < 1.29 is 17.9 Å². The number of pyridine rings is 2. The van der Waals surface area contributed by atoms with E-state index < -0.39 is 10.0 Å². The zero-order valence-electron chi connectivity index (χ0n) is 19.8. The summed E-state index contributed by atoms with van der Waals surface area (Å²) in [5.41, 5.74) is 2.11. The highest BCUT2D eigenvalue weighted by molar-refractivity contribution is 7.89. The molecular weight excluding hydrogens is 464 g/mol. The van der Waals surface area contributed by atoms with E-state index in [1.54, 1.807) is 34.8 Å². The number of nitrogens with zero attached hydrogens (tertiary/aromatic N) is 3. The fraction of sp³-hybridized carbons (Fsp3) is 0.423. The first-order valence-corrected chi connectivity index (χ1v) is 13.6. The average Bonchev–Trinajstić information content (AvgIpc) is 3.41. The van der Waals surface area contributed by atoms with Crippen molar-refractivity contribution >= 4 is 26.8 Å². The zero-order valence-corrected chi connectivity index (χ0v) is 20.6. The predicted molar refractivity (Wildman–Crippen MR) is 133 cm³/mol. The van der Waals surface area contributed by atoms with E-state index in [9.17, 15) is 13.2 Å². The van der Waals surface area contributed by atoms with Crippen LogP contribution in [0, 0.1) is 5.92 Å². The standard InChI is InChI=1S/C26H30N4O4S/c1-18-9-12-30(13-10-18)35(32,33)20-7-8-23-21(15-20)22(26(31)28-17-19-5-4-14-34-19)16-25(29-23)24-6-2-3-11-27-24/h2-3,6-8,11,15-16,18-19H,4-5,9-10,12-14,17H2,1H3,(H,28,31). The maximum atomic E-state index is 13.4. The lowest BCUT2D eigenvalue weighted by Crippen LogP contribution is -2.37. The summed E-state index contributed by atoms with van der Waals surface area (Å²) >= 11 is 0. The first-order valence-electron chi connectivity index (χ1n) is 12.2. The number of ether oxygens (including phenoxy) is 1. The van der Waals surface area contributed by atoms with E-state index >= 15 is 0 Å². The second kappa shape index (κ2) is 10.0. The second-order valence-electron chi connectivity index (χ2n) is 9.38. The number of amides is 1. The van der Waals surface area contributed by atoms with Gasteiger partial charge in [-0.3, -0.25) is 9.78 Å². The Hall–Kier alpha value is -2.88. The average molecular weight is 495 g/mol. The van der Waals surface area contributed by atoms with Gasteiger partial charge in [0.25, 0.3) is 5.91 Å². The Morgan fingerprint density at radius 3 is 2.66 bits per heavy atom. The van der Waals surface area contributed by atoms with Crippen LogP contribution in [0.2, 0.25) is 0 Å². The van der Waals surface area contributed by atoms with E-state index in [4.69, 9.17) is 9.72 Å². The molecule has 0 aliphatic carbocycles. The summed E-state index contributed by atoms with van der Waals surface area (Å²) in [7, 11) is -3.67. The van der Waals surface area contributed by atoms with Crippen LogP contribution in [0.1, 0.15) is 43.0 Å². The van der Waals surface area contributed by atoms with Gasteiger partial charge < -0.3 is 10.1 Å². The van der Waals surface area contributed by atoms with E-state index in [1.165, 1.54) is 0 Å². The van der Waals surface area contributed by atoms with Crippen molar-refractivity contribution in [1.29, 1.82) is 0 Å². The number of sulfonamides is 1. The molecule has 35 heavy (non-hydrogen) atoms. The molecule has 0 spiro atoms. The third-order valence-electron chi connectivity index (χ3n) is 6.85. The smallest absolute Gasteiger partial charge is 0.252 e. The fourth-order valence-corrected chi connectivity index (χ4v) is 6.18. The molecule has 5 rings (SSSR count). The van der Waals surface area contributed by atoms with E-state index in [-0.39, 0.29) is 16.9 Å². The van der Waals surface area contributed by atoms with Crippen LogP contribution >= 0.6 is 0 Å². The Kier molecular flexibility index (Phi) is 6.82. The molecule has 184 valence electrons. The molecule has 3 aromatic rings. The number of hydrogen-bond acceptors (Lipinski definition) is 6. The van der Waals surface area contributed by atoms with Crippen molar-refractivity contribution in [2.45, 2.75) is 43.6 Å². The third-order valence-corrected chi connectivity index (χ3v) is 8.74. The molecule has 4 heterocycles. The molecule has 1 aromatic carbocycles. The molecule has 1 atom stereocenters. The molecule has 2 aliphatic rings. The van der Waals surface area contributed by atoms with Crippen molar-refractivity contribution in [3.05, 3.63) is 54.2 Å². The summed E-state index contributed by atoms with van der Waals surface area (Å²) in [6.07, 6.45) is 5.26. The number of rotatable bonds is 6. The lowest BCUT2D eigenvalue weighted by molar-refractivity contribution is 0.0859. The molecule has 2 aromatic heterocycles. The number of piperidine rings is 1. The lowest BCUT2D eigenvalue weighted by atomic mass is 10.0. The molecule has 2 saturated heterocycles. The number of carbonyl (C=O) groups excluding carboxylic acids is 1. The normalized spacial score (nSPS) is 19.7. The highest BCUT2D eigenvalue weighted by Gasteiger charge is 2.29. The van der Waals surface area contributed by atoms with Gasteiger partial charge in [0.1, 0.15) is 0 Å². The molecular formula is C26H30N4O4S. The number of aromatic nitrogens is 2. The van der Waals surface area contributed by atoms with Crippen LogP contribution in [0.3, 0.4) is 0 Å².